The van der Waals surface area contributed by atoms with Gasteiger partial charge >= 0.3 is 5.97 Å². The van der Waals surface area contributed by atoms with Gasteiger partial charge in [0.2, 0.25) is 0 Å². The maximum absolute atomic E-state index is 13.3. The molecule has 0 spiro atoms. The van der Waals surface area contributed by atoms with Crippen molar-refractivity contribution in [3.8, 4) is 0 Å². The number of aryl methyl sites for hydroxylation is 1. The average molecular weight is 418 g/mol. The van der Waals surface area contributed by atoms with Crippen molar-refractivity contribution in [1.29, 1.82) is 0 Å². The molecule has 0 saturated heterocycles. The second kappa shape index (κ2) is 9.17. The van der Waals surface area contributed by atoms with Crippen molar-refractivity contribution < 1.29 is 13.9 Å². The zero-order valence-corrected chi connectivity index (χ0v) is 18.6. The van der Waals surface area contributed by atoms with E-state index in [0.717, 1.165) is 11.1 Å². The van der Waals surface area contributed by atoms with Crippen LogP contribution in [0.5, 0.6) is 0 Å². The molecular formula is C27H28FNO2. The van der Waals surface area contributed by atoms with Crippen LogP contribution < -0.4 is 5.32 Å². The van der Waals surface area contributed by atoms with Crippen LogP contribution in [0.25, 0.3) is 12.2 Å². The average Bonchev–Trinajstić information content (AvgIpc) is 2.69. The summed E-state index contributed by atoms with van der Waals surface area (Å²) in [5, 5.41) is 3.22. The van der Waals surface area contributed by atoms with Crippen molar-refractivity contribution >= 4 is 29.5 Å². The molecule has 160 valence electrons. The molecule has 0 aromatic heterocycles. The lowest BCUT2D eigenvalue weighted by Crippen LogP contribution is -2.24. The van der Waals surface area contributed by atoms with E-state index >= 15 is 0 Å². The largest absolute Gasteiger partial charge is 0.456 e. The van der Waals surface area contributed by atoms with Crippen LogP contribution in [0.2, 0.25) is 0 Å². The number of hydrogen-bond acceptors (Lipinski definition) is 3. The fraction of sp³-hybridized carbons (Fsp3) is 0.222. The van der Waals surface area contributed by atoms with Gasteiger partial charge in [-0.1, -0.05) is 36.4 Å². The summed E-state index contributed by atoms with van der Waals surface area (Å²) in [7, 11) is 0. The fourth-order valence-electron chi connectivity index (χ4n) is 3.11. The van der Waals surface area contributed by atoms with Crippen molar-refractivity contribution in [2.24, 2.45) is 0 Å². The van der Waals surface area contributed by atoms with E-state index in [-0.39, 0.29) is 5.82 Å². The number of rotatable bonds is 5. The third kappa shape index (κ3) is 6.05. The van der Waals surface area contributed by atoms with E-state index in [4.69, 9.17) is 4.74 Å². The summed E-state index contributed by atoms with van der Waals surface area (Å²) in [6.07, 6.45) is 4.07. The van der Waals surface area contributed by atoms with E-state index in [9.17, 15) is 9.18 Å². The minimum absolute atomic E-state index is 0.317. The Morgan fingerprint density at radius 3 is 2.35 bits per heavy atom. The molecule has 3 rings (SSSR count). The zero-order valence-electron chi connectivity index (χ0n) is 18.6. The number of carbonyl (C=O) groups excluding carboxylic acids is 1. The van der Waals surface area contributed by atoms with Gasteiger partial charge in [0, 0.05) is 5.69 Å². The fourth-order valence-corrected chi connectivity index (χ4v) is 3.11. The number of benzene rings is 3. The molecule has 3 nitrogen and oxygen atoms in total. The van der Waals surface area contributed by atoms with Gasteiger partial charge in [0.25, 0.3) is 0 Å². The minimum Gasteiger partial charge on any atom is -0.456 e. The molecule has 0 atom stereocenters. The van der Waals surface area contributed by atoms with Crippen molar-refractivity contribution in [2.45, 2.75) is 40.2 Å². The molecule has 31 heavy (non-hydrogen) atoms. The summed E-state index contributed by atoms with van der Waals surface area (Å²) >= 11 is 0. The minimum atomic E-state index is -0.606. The second-order valence-electron chi connectivity index (χ2n) is 8.56. The first-order chi connectivity index (χ1) is 14.6. The normalized spacial score (nSPS) is 11.5. The van der Waals surface area contributed by atoms with Crippen LogP contribution in [-0.2, 0) is 4.74 Å². The first-order valence-corrected chi connectivity index (χ1v) is 10.3. The first-order valence-electron chi connectivity index (χ1n) is 10.3. The maximum atomic E-state index is 13.3. The molecule has 0 aliphatic heterocycles. The van der Waals surface area contributed by atoms with Crippen LogP contribution in [0.15, 0.2) is 60.7 Å². The molecule has 0 aliphatic carbocycles. The zero-order chi connectivity index (χ0) is 22.6. The first kappa shape index (κ1) is 22.3. The van der Waals surface area contributed by atoms with Gasteiger partial charge in [0.1, 0.15) is 11.4 Å². The van der Waals surface area contributed by atoms with E-state index in [1.54, 1.807) is 18.2 Å². The molecule has 0 amide bonds. The van der Waals surface area contributed by atoms with Crippen LogP contribution in [0.4, 0.5) is 15.8 Å². The van der Waals surface area contributed by atoms with E-state index in [2.05, 4.69) is 37.4 Å². The number of esters is 1. The van der Waals surface area contributed by atoms with E-state index in [1.165, 1.54) is 23.3 Å². The van der Waals surface area contributed by atoms with Gasteiger partial charge in [-0.05, 0) is 93.3 Å². The van der Waals surface area contributed by atoms with Crippen molar-refractivity contribution in [3.05, 3.63) is 94.3 Å². The Morgan fingerprint density at radius 1 is 0.968 bits per heavy atom. The van der Waals surface area contributed by atoms with Crippen LogP contribution in [0.3, 0.4) is 0 Å². The van der Waals surface area contributed by atoms with E-state index in [1.807, 2.05) is 45.0 Å². The summed E-state index contributed by atoms with van der Waals surface area (Å²) in [6.45, 7) is 9.69. The monoisotopic (exact) mass is 417 g/mol. The second-order valence-corrected chi connectivity index (χ2v) is 8.56. The topological polar surface area (TPSA) is 38.3 Å². The molecule has 3 aromatic carbocycles. The highest BCUT2D eigenvalue weighted by Gasteiger charge is 2.20. The molecular weight excluding hydrogens is 389 g/mol. The van der Waals surface area contributed by atoms with Gasteiger partial charge in [-0.2, -0.15) is 0 Å². The molecule has 0 radical (unpaired) electrons. The number of nitrogens with one attached hydrogen (secondary N) is 1. The van der Waals surface area contributed by atoms with Gasteiger partial charge in [-0.3, -0.25) is 0 Å². The lowest BCUT2D eigenvalue weighted by Gasteiger charge is -2.21. The lowest BCUT2D eigenvalue weighted by molar-refractivity contribution is 0.00707. The molecule has 0 aliphatic rings. The van der Waals surface area contributed by atoms with Crippen LogP contribution in [0, 0.1) is 19.7 Å². The number of ether oxygens (including phenoxy) is 1. The Balaban J connectivity index is 1.96. The van der Waals surface area contributed by atoms with Crippen molar-refractivity contribution in [3.63, 3.8) is 0 Å². The summed E-state index contributed by atoms with van der Waals surface area (Å²) in [4.78, 5) is 12.8. The predicted octanol–water partition coefficient (Wildman–Crippen LogP) is 7.31. The number of halogens is 1. The highest BCUT2D eigenvalue weighted by molar-refractivity contribution is 5.97. The van der Waals surface area contributed by atoms with Crippen LogP contribution >= 0.6 is 0 Å². The SMILES string of the molecule is Cc1cccc(C=Cc2ccc(C(=O)OC(C)(C)C)c(Nc3ccc(F)cc3)c2)c1C. The number of hydrogen-bond donors (Lipinski definition) is 1. The predicted molar refractivity (Wildman–Crippen MR) is 126 cm³/mol. The summed E-state index contributed by atoms with van der Waals surface area (Å²) in [5.41, 5.74) is 5.64. The smallest absolute Gasteiger partial charge is 0.340 e. The van der Waals surface area contributed by atoms with Gasteiger partial charge < -0.3 is 10.1 Å². The van der Waals surface area contributed by atoms with Crippen LogP contribution in [-0.4, -0.2) is 11.6 Å². The maximum Gasteiger partial charge on any atom is 0.340 e. The Hall–Kier alpha value is -3.40. The van der Waals surface area contributed by atoms with Crippen LogP contribution in [0.1, 0.15) is 53.4 Å². The van der Waals surface area contributed by atoms with Gasteiger partial charge in [0.15, 0.2) is 0 Å². The highest BCUT2D eigenvalue weighted by Crippen LogP contribution is 2.26. The van der Waals surface area contributed by atoms with Gasteiger partial charge in [-0.15, -0.1) is 0 Å². The standard InChI is InChI=1S/C27H28FNO2/c1-18-7-6-8-21(19(18)2)11-9-20-10-16-24(26(30)31-27(3,4)5)25(17-20)29-23-14-12-22(28)13-15-23/h6-17,29H,1-5H3. The number of carbonyl (C=O) groups is 1. The molecule has 3 aromatic rings. The Morgan fingerprint density at radius 2 is 1.68 bits per heavy atom. The summed E-state index contributed by atoms with van der Waals surface area (Å²) in [5.74, 6) is -0.731. The quantitative estimate of drug-likeness (QED) is 0.349. The molecule has 0 saturated carbocycles. The Labute approximate surface area is 183 Å². The molecule has 0 fully saturated rings. The van der Waals surface area contributed by atoms with Gasteiger partial charge in [-0.25, -0.2) is 9.18 Å². The molecule has 0 bridgehead atoms. The van der Waals surface area contributed by atoms with Gasteiger partial charge in [0.05, 0.1) is 11.3 Å². The summed E-state index contributed by atoms with van der Waals surface area (Å²) in [6, 6.07) is 17.7. The van der Waals surface area contributed by atoms with Crippen molar-refractivity contribution in [1.82, 2.24) is 0 Å². The summed E-state index contributed by atoms with van der Waals surface area (Å²) < 4.78 is 18.9. The Kier molecular flexibility index (Phi) is 6.59. The van der Waals surface area contributed by atoms with E-state index in [0.29, 0.717) is 16.9 Å². The third-order valence-electron chi connectivity index (χ3n) is 4.89. The number of anilines is 2. The molecule has 0 unspecified atom stereocenters. The molecule has 0 heterocycles. The lowest BCUT2D eigenvalue weighted by atomic mass is 10.0. The molecule has 4 heteroatoms. The van der Waals surface area contributed by atoms with E-state index < -0.39 is 11.6 Å². The molecule has 1 N–H and O–H groups in total. The van der Waals surface area contributed by atoms with Crippen molar-refractivity contribution in [2.75, 3.05) is 5.32 Å². The Bertz CT molecular complexity index is 1110. The third-order valence-corrected chi connectivity index (χ3v) is 4.89. The highest BCUT2D eigenvalue weighted by atomic mass is 19.1.